The van der Waals surface area contributed by atoms with Crippen LogP contribution in [0.1, 0.15) is 63.9 Å². The van der Waals surface area contributed by atoms with Gasteiger partial charge in [0.15, 0.2) is 5.78 Å². The van der Waals surface area contributed by atoms with Crippen molar-refractivity contribution >= 4 is 34.3 Å². The summed E-state index contributed by atoms with van der Waals surface area (Å²) in [6.07, 6.45) is 3.86. The molecule has 1 aliphatic carbocycles. The molecule has 1 aliphatic rings. The van der Waals surface area contributed by atoms with E-state index in [0.717, 1.165) is 37.7 Å². The minimum atomic E-state index is -1.04. The van der Waals surface area contributed by atoms with Gasteiger partial charge in [-0.25, -0.2) is 9.59 Å². The van der Waals surface area contributed by atoms with Crippen molar-refractivity contribution in [2.45, 2.75) is 45.1 Å². The van der Waals surface area contributed by atoms with E-state index >= 15 is 0 Å². The first-order valence-electron chi connectivity index (χ1n) is 11.6. The fraction of sp³-hybridized carbons (Fsp3) is 0.259. The molecule has 2 aromatic carbocycles. The molecular weight excluding hydrogens is 462 g/mol. The molecule has 3 aromatic rings. The normalized spacial score (nSPS) is 14.2. The second kappa shape index (κ2) is 10.8. The van der Waals surface area contributed by atoms with Gasteiger partial charge in [0.1, 0.15) is 17.2 Å². The van der Waals surface area contributed by atoms with Crippen LogP contribution in [-0.2, 0) is 4.84 Å². The van der Waals surface area contributed by atoms with Gasteiger partial charge in [-0.15, -0.1) is 0 Å². The molecule has 4 rings (SSSR count). The third-order valence-corrected chi connectivity index (χ3v) is 6.10. The summed E-state index contributed by atoms with van der Waals surface area (Å²) in [6.45, 7) is 1.82. The number of ketones is 2. The quantitative estimate of drug-likeness (QED) is 0.179. The number of carbonyl (C=O) groups is 3. The van der Waals surface area contributed by atoms with E-state index in [2.05, 4.69) is 15.3 Å². The first-order chi connectivity index (χ1) is 17.4. The molecule has 182 valence electrons. The molecule has 0 radical (unpaired) electrons. The average molecular weight is 485 g/mol. The molecule has 0 bridgehead atoms. The predicted molar refractivity (Wildman–Crippen MR) is 131 cm³/mol. The Kier molecular flexibility index (Phi) is 7.35. The number of nitrogens with zero attached hydrogens (tertiary/aromatic N) is 2. The Morgan fingerprint density at radius 3 is 2.53 bits per heavy atom. The molecule has 0 saturated heterocycles. The number of Topliss-reactive ketones (excluding diaryl/α,β-unsaturated/α-hetero) is 1. The molecule has 1 N–H and O–H groups in total. The molecule has 1 amide bonds. The fourth-order valence-corrected chi connectivity index (χ4v) is 4.16. The van der Waals surface area contributed by atoms with Gasteiger partial charge in [0.05, 0.1) is 0 Å². The van der Waals surface area contributed by atoms with Crippen molar-refractivity contribution in [1.29, 1.82) is 5.26 Å². The summed E-state index contributed by atoms with van der Waals surface area (Å²) >= 11 is 0. The molecule has 0 aliphatic heterocycles. The van der Waals surface area contributed by atoms with Crippen LogP contribution in [0.5, 0.6) is 0 Å². The van der Waals surface area contributed by atoms with Crippen molar-refractivity contribution in [2.75, 3.05) is 0 Å². The van der Waals surface area contributed by atoms with Crippen LogP contribution < -0.4 is 10.9 Å². The van der Waals surface area contributed by atoms with Gasteiger partial charge in [0.2, 0.25) is 11.5 Å². The van der Waals surface area contributed by atoms with Gasteiger partial charge in [-0.3, -0.25) is 14.4 Å². The van der Waals surface area contributed by atoms with E-state index in [9.17, 15) is 24.4 Å². The molecule has 1 saturated carbocycles. The second-order valence-corrected chi connectivity index (χ2v) is 8.58. The van der Waals surface area contributed by atoms with Gasteiger partial charge in [0, 0.05) is 22.6 Å². The Morgan fingerprint density at radius 1 is 1.06 bits per heavy atom. The molecule has 0 atom stereocenters. The zero-order valence-corrected chi connectivity index (χ0v) is 19.6. The number of nitrogens with one attached hydrogen (secondary N) is 1. The number of nitriles is 1. The number of carbonyl (C=O) groups excluding carboxylic acids is 3. The van der Waals surface area contributed by atoms with Crippen LogP contribution in [0, 0.1) is 18.3 Å². The smallest absolute Gasteiger partial charge is 0.422 e. The molecule has 36 heavy (non-hydrogen) atoms. The standard InChI is InChI=1S/C27H23N3O6/c1-16-7-5-6-10-20(16)24(31)18-12-11-17-13-21(26(33)35-23(17)14-18)25(32)22(15-28)30-36-27(34)29-19-8-3-2-4-9-19/h5-7,10-14,19H,2-4,8-9H2,1H3,(H,29,34)/b30-22-. The summed E-state index contributed by atoms with van der Waals surface area (Å²) < 4.78 is 5.28. The van der Waals surface area contributed by atoms with Crippen molar-refractivity contribution in [3.8, 4) is 6.07 Å². The monoisotopic (exact) mass is 485 g/mol. The zero-order chi connectivity index (χ0) is 25.7. The van der Waals surface area contributed by atoms with Crippen molar-refractivity contribution in [3.63, 3.8) is 0 Å². The third kappa shape index (κ3) is 5.39. The summed E-state index contributed by atoms with van der Waals surface area (Å²) in [6, 6.07) is 14.4. The number of aryl methyl sites for hydroxylation is 1. The van der Waals surface area contributed by atoms with E-state index in [1.165, 1.54) is 18.2 Å². The summed E-state index contributed by atoms with van der Waals surface area (Å²) in [5.74, 6) is -1.28. The molecule has 1 aromatic heterocycles. The summed E-state index contributed by atoms with van der Waals surface area (Å²) in [5.41, 5.74) is -0.479. The van der Waals surface area contributed by atoms with Crippen molar-refractivity contribution in [3.05, 3.63) is 81.2 Å². The molecule has 1 fully saturated rings. The van der Waals surface area contributed by atoms with Gasteiger partial charge < -0.3 is 9.73 Å². The Morgan fingerprint density at radius 2 is 1.81 bits per heavy atom. The largest absolute Gasteiger partial charge is 0.433 e. The number of benzene rings is 2. The van der Waals surface area contributed by atoms with Crippen LogP contribution in [0.15, 0.2) is 62.9 Å². The lowest BCUT2D eigenvalue weighted by Crippen LogP contribution is -2.36. The van der Waals surface area contributed by atoms with Crippen molar-refractivity contribution in [2.24, 2.45) is 5.16 Å². The van der Waals surface area contributed by atoms with Gasteiger partial charge in [0.25, 0.3) is 0 Å². The lowest BCUT2D eigenvalue weighted by Gasteiger charge is -2.21. The number of oxime groups is 1. The minimum Gasteiger partial charge on any atom is -0.422 e. The maximum Gasteiger partial charge on any atom is 0.433 e. The van der Waals surface area contributed by atoms with Crippen LogP contribution in [0.2, 0.25) is 0 Å². The van der Waals surface area contributed by atoms with E-state index in [-0.39, 0.29) is 17.4 Å². The average Bonchev–Trinajstić information content (AvgIpc) is 2.88. The van der Waals surface area contributed by atoms with E-state index in [0.29, 0.717) is 16.5 Å². The van der Waals surface area contributed by atoms with Gasteiger partial charge in [-0.05, 0) is 37.5 Å². The number of hydrogen-bond donors (Lipinski definition) is 1. The maximum atomic E-state index is 12.9. The highest BCUT2D eigenvalue weighted by Crippen LogP contribution is 2.20. The Balaban J connectivity index is 1.54. The maximum absolute atomic E-state index is 12.9. The SMILES string of the molecule is Cc1ccccc1C(=O)c1ccc2cc(C(=O)/C(C#N)=N\OC(=O)NC3CCCCC3)c(=O)oc2c1. The lowest BCUT2D eigenvalue weighted by molar-refractivity contribution is 0.103. The molecule has 1 heterocycles. The fourth-order valence-electron chi connectivity index (χ4n) is 4.16. The highest BCUT2D eigenvalue weighted by atomic mass is 16.7. The van der Waals surface area contributed by atoms with Gasteiger partial charge in [-0.1, -0.05) is 60.8 Å². The van der Waals surface area contributed by atoms with Crippen LogP contribution >= 0.6 is 0 Å². The van der Waals surface area contributed by atoms with E-state index in [1.807, 2.05) is 19.1 Å². The Bertz CT molecular complexity index is 1470. The summed E-state index contributed by atoms with van der Waals surface area (Å²) in [7, 11) is 0. The highest BCUT2D eigenvalue weighted by molar-refractivity contribution is 6.51. The highest BCUT2D eigenvalue weighted by Gasteiger charge is 2.22. The van der Waals surface area contributed by atoms with E-state index in [4.69, 9.17) is 4.42 Å². The number of rotatable bonds is 6. The first kappa shape index (κ1) is 24.5. The Labute approximate surface area is 206 Å². The number of hydrogen-bond acceptors (Lipinski definition) is 8. The summed E-state index contributed by atoms with van der Waals surface area (Å²) in [4.78, 5) is 54.8. The molecule has 0 spiro atoms. The zero-order valence-electron chi connectivity index (χ0n) is 19.6. The molecule has 9 heteroatoms. The minimum absolute atomic E-state index is 0.0437. The number of amides is 1. The third-order valence-electron chi connectivity index (χ3n) is 6.10. The molecule has 9 nitrogen and oxygen atoms in total. The van der Waals surface area contributed by atoms with Crippen LogP contribution in [0.3, 0.4) is 0 Å². The molecule has 0 unspecified atom stereocenters. The van der Waals surface area contributed by atoms with Gasteiger partial charge in [-0.2, -0.15) is 5.26 Å². The van der Waals surface area contributed by atoms with Crippen molar-refractivity contribution < 1.29 is 23.6 Å². The Hall–Kier alpha value is -4.58. The van der Waals surface area contributed by atoms with Crippen molar-refractivity contribution in [1.82, 2.24) is 5.32 Å². The van der Waals surface area contributed by atoms with Gasteiger partial charge >= 0.3 is 11.7 Å². The van der Waals surface area contributed by atoms with Crippen LogP contribution in [0.25, 0.3) is 11.0 Å². The first-order valence-corrected chi connectivity index (χ1v) is 11.6. The summed E-state index contributed by atoms with van der Waals surface area (Å²) in [5, 5.41) is 15.7. The van der Waals surface area contributed by atoms with Crippen LogP contribution in [0.4, 0.5) is 4.79 Å². The van der Waals surface area contributed by atoms with E-state index < -0.39 is 28.8 Å². The molecular formula is C27H23N3O6. The topological polar surface area (TPSA) is 139 Å². The van der Waals surface area contributed by atoms with Crippen LogP contribution in [-0.4, -0.2) is 29.4 Å². The lowest BCUT2D eigenvalue weighted by atomic mass is 9.96. The number of fused-ring (bicyclic) bond motifs is 1. The predicted octanol–water partition coefficient (Wildman–Crippen LogP) is 4.45. The second-order valence-electron chi connectivity index (χ2n) is 8.58. The van der Waals surface area contributed by atoms with E-state index in [1.54, 1.807) is 24.3 Å².